The number of rotatable bonds is 3. The fraction of sp³-hybridized carbons (Fsp3) is 0.538. The van der Waals surface area contributed by atoms with E-state index >= 15 is 0 Å². The van der Waals surface area contributed by atoms with Gasteiger partial charge in [-0.15, -0.1) is 11.6 Å². The molecule has 100 valence electrons. The van der Waals surface area contributed by atoms with E-state index in [2.05, 4.69) is 6.92 Å². The molecule has 2 atom stereocenters. The molecule has 1 aliphatic heterocycles. The maximum absolute atomic E-state index is 12.5. The number of nitrogens with zero attached hydrogens (tertiary/aromatic N) is 1. The highest BCUT2D eigenvalue weighted by Gasteiger charge is 2.35. The molecule has 0 aromatic heterocycles. The van der Waals surface area contributed by atoms with Gasteiger partial charge in [-0.1, -0.05) is 19.1 Å². The van der Waals surface area contributed by atoms with E-state index in [9.17, 15) is 8.42 Å². The van der Waals surface area contributed by atoms with E-state index in [1.165, 1.54) is 0 Å². The van der Waals surface area contributed by atoms with Crippen molar-refractivity contribution in [2.24, 2.45) is 5.92 Å². The average molecular weight is 288 g/mol. The minimum atomic E-state index is -3.36. The van der Waals surface area contributed by atoms with Gasteiger partial charge in [-0.05, 0) is 37.0 Å². The first-order chi connectivity index (χ1) is 8.45. The summed E-state index contributed by atoms with van der Waals surface area (Å²) in [5.74, 6) is 0.828. The third kappa shape index (κ3) is 2.56. The topological polar surface area (TPSA) is 37.4 Å². The molecule has 0 spiro atoms. The highest BCUT2D eigenvalue weighted by Crippen LogP contribution is 2.29. The van der Waals surface area contributed by atoms with Crippen molar-refractivity contribution >= 4 is 21.6 Å². The Hall–Kier alpha value is -0.580. The average Bonchev–Trinajstić information content (AvgIpc) is 2.69. The smallest absolute Gasteiger partial charge is 0.207 e. The minimum Gasteiger partial charge on any atom is -0.207 e. The van der Waals surface area contributed by atoms with Crippen LogP contribution in [0.3, 0.4) is 0 Å². The van der Waals surface area contributed by atoms with Crippen LogP contribution in [0.2, 0.25) is 0 Å². The van der Waals surface area contributed by atoms with Crippen LogP contribution in [0, 0.1) is 5.92 Å². The molecule has 1 heterocycles. The highest BCUT2D eigenvalue weighted by atomic mass is 35.5. The summed E-state index contributed by atoms with van der Waals surface area (Å²) in [5.41, 5.74) is 0.929. The Morgan fingerprint density at radius 2 is 1.89 bits per heavy atom. The second-order valence-corrected chi connectivity index (χ2v) is 7.20. The van der Waals surface area contributed by atoms with Crippen LogP contribution >= 0.6 is 11.6 Å². The van der Waals surface area contributed by atoms with Crippen LogP contribution in [-0.4, -0.2) is 25.3 Å². The van der Waals surface area contributed by atoms with Crippen molar-refractivity contribution in [1.29, 1.82) is 0 Å². The van der Waals surface area contributed by atoms with Crippen molar-refractivity contribution < 1.29 is 8.42 Å². The SMILES string of the molecule is CC1CC(C)N(S(=O)(=O)c2ccc(CCl)cc2)C1. The Morgan fingerprint density at radius 3 is 2.33 bits per heavy atom. The van der Waals surface area contributed by atoms with Gasteiger partial charge in [0.15, 0.2) is 0 Å². The molecule has 0 bridgehead atoms. The summed E-state index contributed by atoms with van der Waals surface area (Å²) in [6.45, 7) is 4.66. The van der Waals surface area contributed by atoms with E-state index in [-0.39, 0.29) is 6.04 Å². The lowest BCUT2D eigenvalue weighted by molar-refractivity contribution is 0.405. The van der Waals surface area contributed by atoms with Gasteiger partial charge in [-0.25, -0.2) is 8.42 Å². The van der Waals surface area contributed by atoms with Gasteiger partial charge in [0.05, 0.1) is 4.90 Å². The predicted octanol–water partition coefficient (Wildman–Crippen LogP) is 2.84. The van der Waals surface area contributed by atoms with E-state index in [1.54, 1.807) is 28.6 Å². The van der Waals surface area contributed by atoms with Crippen LogP contribution in [0.5, 0.6) is 0 Å². The van der Waals surface area contributed by atoms with Gasteiger partial charge >= 0.3 is 0 Å². The Bertz CT molecular complexity index is 512. The maximum Gasteiger partial charge on any atom is 0.243 e. The third-order valence-corrected chi connectivity index (χ3v) is 5.71. The van der Waals surface area contributed by atoms with Crippen LogP contribution in [0.25, 0.3) is 0 Å². The first kappa shape index (κ1) is 13.8. The summed E-state index contributed by atoms with van der Waals surface area (Å²) in [6, 6.07) is 6.90. The van der Waals surface area contributed by atoms with Gasteiger partial charge in [-0.3, -0.25) is 0 Å². The zero-order valence-electron chi connectivity index (χ0n) is 10.6. The van der Waals surface area contributed by atoms with Crippen LogP contribution in [-0.2, 0) is 15.9 Å². The molecule has 1 saturated heterocycles. The van der Waals surface area contributed by atoms with Gasteiger partial charge in [0, 0.05) is 18.5 Å². The summed E-state index contributed by atoms with van der Waals surface area (Å²) >= 11 is 5.70. The van der Waals surface area contributed by atoms with Gasteiger partial charge in [0.2, 0.25) is 10.0 Å². The molecule has 0 aliphatic carbocycles. The Morgan fingerprint density at radius 1 is 1.28 bits per heavy atom. The first-order valence-electron chi connectivity index (χ1n) is 6.12. The predicted molar refractivity (Wildman–Crippen MR) is 73.1 cm³/mol. The van der Waals surface area contributed by atoms with Gasteiger partial charge in [0.1, 0.15) is 0 Å². The van der Waals surface area contributed by atoms with Gasteiger partial charge < -0.3 is 0 Å². The molecule has 0 N–H and O–H groups in total. The second-order valence-electron chi connectivity index (χ2n) is 5.04. The Balaban J connectivity index is 2.30. The van der Waals surface area contributed by atoms with Crippen LogP contribution < -0.4 is 0 Å². The quantitative estimate of drug-likeness (QED) is 0.802. The molecule has 5 heteroatoms. The van der Waals surface area contributed by atoms with E-state index < -0.39 is 10.0 Å². The number of alkyl halides is 1. The van der Waals surface area contributed by atoms with Gasteiger partial charge in [-0.2, -0.15) is 4.31 Å². The lowest BCUT2D eigenvalue weighted by atomic mass is 10.1. The molecular formula is C13H18ClNO2S. The van der Waals surface area contributed by atoms with E-state index in [0.29, 0.717) is 23.2 Å². The molecule has 0 saturated carbocycles. The molecule has 0 radical (unpaired) electrons. The van der Waals surface area contributed by atoms with Crippen LogP contribution in [0.1, 0.15) is 25.8 Å². The second kappa shape index (κ2) is 5.19. The molecular weight excluding hydrogens is 270 g/mol. The van der Waals surface area contributed by atoms with Crippen molar-refractivity contribution in [3.8, 4) is 0 Å². The fourth-order valence-corrected chi connectivity index (χ4v) is 4.42. The van der Waals surface area contributed by atoms with E-state index in [4.69, 9.17) is 11.6 Å². The lowest BCUT2D eigenvalue weighted by Gasteiger charge is -2.21. The summed E-state index contributed by atoms with van der Waals surface area (Å²) in [6.07, 6.45) is 0.930. The highest BCUT2D eigenvalue weighted by molar-refractivity contribution is 7.89. The number of benzene rings is 1. The molecule has 18 heavy (non-hydrogen) atoms. The molecule has 1 fully saturated rings. The normalized spacial score (nSPS) is 25.5. The molecule has 2 rings (SSSR count). The van der Waals surface area contributed by atoms with Crippen LogP contribution in [0.4, 0.5) is 0 Å². The first-order valence-corrected chi connectivity index (χ1v) is 8.09. The van der Waals surface area contributed by atoms with Crippen molar-refractivity contribution in [3.63, 3.8) is 0 Å². The summed E-state index contributed by atoms with van der Waals surface area (Å²) in [5, 5.41) is 0. The summed E-state index contributed by atoms with van der Waals surface area (Å²) in [4.78, 5) is 0.359. The van der Waals surface area contributed by atoms with E-state index in [1.807, 2.05) is 6.92 Å². The van der Waals surface area contributed by atoms with Crippen molar-refractivity contribution in [2.45, 2.75) is 37.1 Å². The molecule has 1 aromatic carbocycles. The molecule has 2 unspecified atom stereocenters. The molecule has 1 aromatic rings. The zero-order valence-corrected chi connectivity index (χ0v) is 12.2. The van der Waals surface area contributed by atoms with Gasteiger partial charge in [0.25, 0.3) is 0 Å². The van der Waals surface area contributed by atoms with Crippen molar-refractivity contribution in [2.75, 3.05) is 6.54 Å². The monoisotopic (exact) mass is 287 g/mol. The minimum absolute atomic E-state index is 0.0812. The molecule has 0 amide bonds. The van der Waals surface area contributed by atoms with E-state index in [0.717, 1.165) is 12.0 Å². The molecule has 1 aliphatic rings. The third-order valence-electron chi connectivity index (χ3n) is 3.41. The zero-order chi connectivity index (χ0) is 13.3. The Labute approximate surface area is 114 Å². The maximum atomic E-state index is 12.5. The number of halogens is 1. The molecule has 3 nitrogen and oxygen atoms in total. The van der Waals surface area contributed by atoms with Crippen LogP contribution in [0.15, 0.2) is 29.2 Å². The lowest BCUT2D eigenvalue weighted by Crippen LogP contribution is -2.33. The van der Waals surface area contributed by atoms with Crippen molar-refractivity contribution in [3.05, 3.63) is 29.8 Å². The number of hydrogen-bond acceptors (Lipinski definition) is 2. The fourth-order valence-electron chi connectivity index (χ4n) is 2.48. The summed E-state index contributed by atoms with van der Waals surface area (Å²) in [7, 11) is -3.36. The number of sulfonamides is 1. The standard InChI is InChI=1S/C13H18ClNO2S/c1-10-7-11(2)15(9-10)18(16,17)13-5-3-12(8-14)4-6-13/h3-6,10-11H,7-9H2,1-2H3. The summed E-state index contributed by atoms with van der Waals surface area (Å²) < 4.78 is 26.6. The van der Waals surface area contributed by atoms with Crippen molar-refractivity contribution in [1.82, 2.24) is 4.31 Å². The Kier molecular flexibility index (Phi) is 3.99. The largest absolute Gasteiger partial charge is 0.243 e. The number of hydrogen-bond donors (Lipinski definition) is 0.